The third-order valence-electron chi connectivity index (χ3n) is 4.10. The molecule has 4 unspecified atom stereocenters. The van der Waals surface area contributed by atoms with Crippen LogP contribution in [0.15, 0.2) is 30.3 Å². The van der Waals surface area contributed by atoms with Gasteiger partial charge in [-0.05, 0) is 32.3 Å². The van der Waals surface area contributed by atoms with Gasteiger partial charge < -0.3 is 9.47 Å². The average molecular weight is 319 g/mol. The van der Waals surface area contributed by atoms with Crippen molar-refractivity contribution in [2.24, 2.45) is 11.8 Å². The molecule has 1 aliphatic rings. The highest BCUT2D eigenvalue weighted by Crippen LogP contribution is 2.39. The van der Waals surface area contributed by atoms with Crippen LogP contribution >= 0.6 is 0 Å². The smallest absolute Gasteiger partial charge is 0.323 e. The van der Waals surface area contributed by atoms with Gasteiger partial charge in [0.25, 0.3) is 0 Å². The van der Waals surface area contributed by atoms with E-state index in [0.717, 1.165) is 5.56 Å². The van der Waals surface area contributed by atoms with Crippen molar-refractivity contribution in [3.05, 3.63) is 35.9 Å². The first-order valence-electron chi connectivity index (χ1n) is 7.86. The Labute approximate surface area is 137 Å². The normalized spacial score (nSPS) is 27.5. The number of carbonyl (C=O) groups is 2. The first-order chi connectivity index (χ1) is 10.7. The third kappa shape index (κ3) is 3.91. The maximum atomic E-state index is 12.7. The summed E-state index contributed by atoms with van der Waals surface area (Å²) >= 11 is 0. The van der Waals surface area contributed by atoms with Gasteiger partial charge in [0.1, 0.15) is 11.6 Å². The molecule has 1 fully saturated rings. The molecule has 4 atom stereocenters. The van der Waals surface area contributed by atoms with Crippen LogP contribution < -0.4 is 5.32 Å². The molecular weight excluding hydrogens is 294 g/mol. The highest BCUT2D eigenvalue weighted by atomic mass is 16.6. The van der Waals surface area contributed by atoms with Crippen LogP contribution in [0.4, 0.5) is 0 Å². The standard InChI is InChI=1S/C18H25NO4/c1-11-13(16(20)23-18(2,3)4)15(12-9-7-6-8-10-12)19-14(11)17(21)22-5/h6-11,13-15,19H,1-5H3. The van der Waals surface area contributed by atoms with E-state index >= 15 is 0 Å². The number of ether oxygens (including phenoxy) is 2. The Bertz CT molecular complexity index is 564. The number of methoxy groups -OCH3 is 1. The quantitative estimate of drug-likeness (QED) is 0.867. The van der Waals surface area contributed by atoms with Crippen molar-refractivity contribution in [2.75, 3.05) is 7.11 Å². The van der Waals surface area contributed by atoms with Gasteiger partial charge in [-0.2, -0.15) is 0 Å². The van der Waals surface area contributed by atoms with Crippen LogP contribution in [0.2, 0.25) is 0 Å². The minimum absolute atomic E-state index is 0.220. The molecule has 0 radical (unpaired) electrons. The minimum atomic E-state index is -0.568. The maximum Gasteiger partial charge on any atom is 0.323 e. The second-order valence-electron chi connectivity index (χ2n) is 6.97. The number of carbonyl (C=O) groups excluding carboxylic acids is 2. The third-order valence-corrected chi connectivity index (χ3v) is 4.10. The molecule has 1 heterocycles. The second kappa shape index (κ2) is 6.71. The molecule has 0 spiro atoms. The molecule has 1 N–H and O–H groups in total. The van der Waals surface area contributed by atoms with Gasteiger partial charge in [-0.25, -0.2) is 0 Å². The zero-order valence-electron chi connectivity index (χ0n) is 14.3. The van der Waals surface area contributed by atoms with E-state index in [9.17, 15) is 9.59 Å². The Morgan fingerprint density at radius 1 is 1.09 bits per heavy atom. The Hall–Kier alpha value is -1.88. The molecular formula is C18H25NO4. The van der Waals surface area contributed by atoms with E-state index in [2.05, 4.69) is 5.32 Å². The number of hydrogen-bond donors (Lipinski definition) is 1. The maximum absolute atomic E-state index is 12.7. The number of benzene rings is 1. The number of hydrogen-bond acceptors (Lipinski definition) is 5. The second-order valence-corrected chi connectivity index (χ2v) is 6.97. The van der Waals surface area contributed by atoms with Gasteiger partial charge in [0.15, 0.2) is 0 Å². The van der Waals surface area contributed by atoms with Crippen LogP contribution in [0.1, 0.15) is 39.3 Å². The lowest BCUT2D eigenvalue weighted by molar-refractivity contribution is -0.162. The zero-order valence-corrected chi connectivity index (χ0v) is 14.3. The van der Waals surface area contributed by atoms with Crippen molar-refractivity contribution in [3.63, 3.8) is 0 Å². The van der Waals surface area contributed by atoms with Crippen LogP contribution in [0.25, 0.3) is 0 Å². The summed E-state index contributed by atoms with van der Waals surface area (Å²) in [6, 6.07) is 8.84. The summed E-state index contributed by atoms with van der Waals surface area (Å²) in [5.41, 5.74) is 0.392. The zero-order chi connectivity index (χ0) is 17.2. The molecule has 2 rings (SSSR count). The van der Waals surface area contributed by atoms with Crippen molar-refractivity contribution in [1.82, 2.24) is 5.32 Å². The fraction of sp³-hybridized carbons (Fsp3) is 0.556. The Kier molecular flexibility index (Phi) is 5.09. The molecule has 0 aliphatic carbocycles. The van der Waals surface area contributed by atoms with E-state index in [-0.39, 0.29) is 23.9 Å². The summed E-state index contributed by atoms with van der Waals surface area (Å²) in [5, 5.41) is 3.25. The van der Waals surface area contributed by atoms with Gasteiger partial charge in [-0.1, -0.05) is 37.3 Å². The summed E-state index contributed by atoms with van der Waals surface area (Å²) in [6.45, 7) is 7.40. The fourth-order valence-electron chi connectivity index (χ4n) is 3.05. The van der Waals surface area contributed by atoms with E-state index in [0.29, 0.717) is 0 Å². The van der Waals surface area contributed by atoms with Crippen LogP contribution in [-0.4, -0.2) is 30.7 Å². The van der Waals surface area contributed by atoms with E-state index in [1.54, 1.807) is 0 Å². The predicted octanol–water partition coefficient (Wildman–Crippen LogP) is 2.47. The van der Waals surface area contributed by atoms with Gasteiger partial charge in [0.2, 0.25) is 0 Å². The van der Waals surface area contributed by atoms with Crippen LogP contribution in [0, 0.1) is 11.8 Å². The first kappa shape index (κ1) is 17.5. The summed E-state index contributed by atoms with van der Waals surface area (Å²) in [5.74, 6) is -1.31. The van der Waals surface area contributed by atoms with Crippen LogP contribution in [0.3, 0.4) is 0 Å². The Morgan fingerprint density at radius 3 is 2.22 bits per heavy atom. The Balaban J connectivity index is 2.33. The van der Waals surface area contributed by atoms with Crippen molar-refractivity contribution < 1.29 is 19.1 Å². The summed E-state index contributed by atoms with van der Waals surface area (Å²) in [4.78, 5) is 24.7. The number of nitrogens with one attached hydrogen (secondary N) is 1. The van der Waals surface area contributed by atoms with Gasteiger partial charge in [-0.3, -0.25) is 14.9 Å². The van der Waals surface area contributed by atoms with Crippen molar-refractivity contribution in [2.45, 2.75) is 45.4 Å². The fourth-order valence-corrected chi connectivity index (χ4v) is 3.05. The molecule has 5 nitrogen and oxygen atoms in total. The molecule has 1 saturated heterocycles. The molecule has 126 valence electrons. The molecule has 0 amide bonds. The van der Waals surface area contributed by atoms with Crippen molar-refractivity contribution in [1.29, 1.82) is 0 Å². The summed E-state index contributed by atoms with van der Waals surface area (Å²) in [7, 11) is 1.36. The van der Waals surface area contributed by atoms with E-state index in [4.69, 9.17) is 9.47 Å². The van der Waals surface area contributed by atoms with E-state index in [1.165, 1.54) is 7.11 Å². The molecule has 5 heteroatoms. The molecule has 1 aliphatic heterocycles. The predicted molar refractivity (Wildman–Crippen MR) is 86.6 cm³/mol. The van der Waals surface area contributed by atoms with Gasteiger partial charge in [-0.15, -0.1) is 0 Å². The summed E-state index contributed by atoms with van der Waals surface area (Å²) < 4.78 is 10.4. The lowest BCUT2D eigenvalue weighted by Crippen LogP contribution is -2.37. The molecule has 1 aromatic carbocycles. The molecule has 0 saturated carbocycles. The molecule has 0 aromatic heterocycles. The molecule has 0 bridgehead atoms. The lowest BCUT2D eigenvalue weighted by Gasteiger charge is -2.26. The van der Waals surface area contributed by atoms with E-state index < -0.39 is 17.6 Å². The largest absolute Gasteiger partial charge is 0.468 e. The molecule has 1 aromatic rings. The van der Waals surface area contributed by atoms with Crippen LogP contribution in [0.5, 0.6) is 0 Å². The monoisotopic (exact) mass is 319 g/mol. The van der Waals surface area contributed by atoms with Crippen molar-refractivity contribution in [3.8, 4) is 0 Å². The first-order valence-corrected chi connectivity index (χ1v) is 7.86. The highest BCUT2D eigenvalue weighted by molar-refractivity contribution is 5.81. The Morgan fingerprint density at radius 2 is 1.70 bits per heavy atom. The topological polar surface area (TPSA) is 64.6 Å². The van der Waals surface area contributed by atoms with Gasteiger partial charge in [0.05, 0.1) is 13.0 Å². The average Bonchev–Trinajstić information content (AvgIpc) is 2.83. The highest BCUT2D eigenvalue weighted by Gasteiger charge is 2.49. The minimum Gasteiger partial charge on any atom is -0.468 e. The van der Waals surface area contributed by atoms with E-state index in [1.807, 2.05) is 58.0 Å². The van der Waals surface area contributed by atoms with Crippen molar-refractivity contribution >= 4 is 11.9 Å². The SMILES string of the molecule is COC(=O)C1NC(c2ccccc2)C(C(=O)OC(C)(C)C)C1C. The van der Waals surface area contributed by atoms with Gasteiger partial charge >= 0.3 is 11.9 Å². The van der Waals surface area contributed by atoms with Gasteiger partial charge in [0, 0.05) is 6.04 Å². The summed E-state index contributed by atoms with van der Waals surface area (Å²) in [6.07, 6.45) is 0. The molecule has 23 heavy (non-hydrogen) atoms. The number of rotatable bonds is 3. The van der Waals surface area contributed by atoms with Crippen LogP contribution in [-0.2, 0) is 19.1 Å². The lowest BCUT2D eigenvalue weighted by atomic mass is 9.85. The number of esters is 2.